The maximum atomic E-state index is 11.5. The van der Waals surface area contributed by atoms with Crippen molar-refractivity contribution in [2.75, 3.05) is 20.8 Å². The van der Waals surface area contributed by atoms with Gasteiger partial charge in [0.25, 0.3) is 0 Å². The minimum Gasteiger partial charge on any atom is -0.493 e. The number of pyridine rings is 1. The van der Waals surface area contributed by atoms with Gasteiger partial charge in [-0.3, -0.25) is 4.98 Å². The zero-order chi connectivity index (χ0) is 16.7. The van der Waals surface area contributed by atoms with Crippen LogP contribution >= 0.6 is 0 Å². The first-order valence-electron chi connectivity index (χ1n) is 7.20. The fourth-order valence-corrected chi connectivity index (χ4v) is 2.14. The summed E-state index contributed by atoms with van der Waals surface area (Å²) in [6, 6.07) is 7.46. The van der Waals surface area contributed by atoms with E-state index < -0.39 is 0 Å². The molecule has 1 aromatic carbocycles. The topological polar surface area (TPSA) is 57.7 Å². The number of rotatable bonds is 6. The largest absolute Gasteiger partial charge is 0.493 e. The highest BCUT2D eigenvalue weighted by molar-refractivity contribution is 5.89. The molecule has 120 valence electrons. The van der Waals surface area contributed by atoms with Crippen LogP contribution in [0, 0.1) is 0 Å². The Labute approximate surface area is 135 Å². The normalized spacial score (nSPS) is 10.6. The van der Waals surface area contributed by atoms with Gasteiger partial charge in [-0.25, -0.2) is 4.79 Å². The highest BCUT2D eigenvalue weighted by Gasteiger charge is 2.09. The molecule has 0 atom stereocenters. The third kappa shape index (κ3) is 4.10. The number of hydrogen-bond donors (Lipinski definition) is 0. The molecule has 0 amide bonds. The Morgan fingerprint density at radius 3 is 2.65 bits per heavy atom. The second kappa shape index (κ2) is 7.98. The van der Waals surface area contributed by atoms with Crippen molar-refractivity contribution in [2.45, 2.75) is 6.92 Å². The molecule has 0 bridgehead atoms. The summed E-state index contributed by atoms with van der Waals surface area (Å²) in [5.41, 5.74) is 2.66. The van der Waals surface area contributed by atoms with Crippen molar-refractivity contribution in [3.8, 4) is 22.6 Å². The molecule has 0 spiro atoms. The summed E-state index contributed by atoms with van der Waals surface area (Å²) in [7, 11) is 3.18. The summed E-state index contributed by atoms with van der Waals surface area (Å²) in [5.74, 6) is 0.917. The van der Waals surface area contributed by atoms with Gasteiger partial charge in [0.1, 0.15) is 0 Å². The number of esters is 1. The lowest BCUT2D eigenvalue weighted by atomic mass is 10.0. The van der Waals surface area contributed by atoms with Gasteiger partial charge in [-0.1, -0.05) is 6.07 Å². The van der Waals surface area contributed by atoms with Gasteiger partial charge in [0.2, 0.25) is 0 Å². The van der Waals surface area contributed by atoms with Crippen LogP contribution in [0.5, 0.6) is 11.5 Å². The second-order valence-corrected chi connectivity index (χ2v) is 4.62. The highest BCUT2D eigenvalue weighted by atomic mass is 16.5. The SMILES string of the molecule is CCOC(=O)C=Cc1ccncc1-c1ccc(OC)c(OC)c1. The molecule has 2 aromatic rings. The van der Waals surface area contributed by atoms with Gasteiger partial charge in [-0.05, 0) is 42.3 Å². The number of carbonyl (C=O) groups excluding carboxylic acids is 1. The minimum absolute atomic E-state index is 0.349. The Morgan fingerprint density at radius 2 is 1.96 bits per heavy atom. The molecule has 0 saturated carbocycles. The van der Waals surface area contributed by atoms with E-state index in [0.717, 1.165) is 16.7 Å². The van der Waals surface area contributed by atoms with Gasteiger partial charge < -0.3 is 14.2 Å². The Bertz CT molecular complexity index is 710. The number of benzene rings is 1. The predicted molar refractivity (Wildman–Crippen MR) is 88.4 cm³/mol. The van der Waals surface area contributed by atoms with Crippen molar-refractivity contribution in [1.82, 2.24) is 4.98 Å². The average Bonchev–Trinajstić information content (AvgIpc) is 2.60. The minimum atomic E-state index is -0.373. The quantitative estimate of drug-likeness (QED) is 0.604. The van der Waals surface area contributed by atoms with E-state index in [0.29, 0.717) is 18.1 Å². The third-order valence-electron chi connectivity index (χ3n) is 3.23. The third-order valence-corrected chi connectivity index (χ3v) is 3.23. The van der Waals surface area contributed by atoms with Crippen LogP contribution in [0.1, 0.15) is 12.5 Å². The van der Waals surface area contributed by atoms with Gasteiger partial charge >= 0.3 is 5.97 Å². The summed E-state index contributed by atoms with van der Waals surface area (Å²) >= 11 is 0. The standard InChI is InChI=1S/C18H19NO4/c1-4-23-18(20)8-6-13-9-10-19-12-15(13)14-5-7-16(21-2)17(11-14)22-3/h5-12H,4H2,1-3H3. The van der Waals surface area contributed by atoms with Gasteiger partial charge in [-0.2, -0.15) is 0 Å². The van der Waals surface area contributed by atoms with Crippen molar-refractivity contribution in [1.29, 1.82) is 0 Å². The Kier molecular flexibility index (Phi) is 5.74. The molecule has 0 unspecified atom stereocenters. The fourth-order valence-electron chi connectivity index (χ4n) is 2.14. The van der Waals surface area contributed by atoms with Gasteiger partial charge in [0.15, 0.2) is 11.5 Å². The molecule has 5 heteroatoms. The maximum Gasteiger partial charge on any atom is 0.330 e. The number of hydrogen-bond acceptors (Lipinski definition) is 5. The number of ether oxygens (including phenoxy) is 3. The molecule has 5 nitrogen and oxygen atoms in total. The van der Waals surface area contributed by atoms with Crippen LogP contribution in [-0.4, -0.2) is 31.8 Å². The molecular formula is C18H19NO4. The van der Waals surface area contributed by atoms with Crippen LogP contribution in [0.4, 0.5) is 0 Å². The van der Waals surface area contributed by atoms with Crippen molar-refractivity contribution < 1.29 is 19.0 Å². The summed E-state index contributed by atoms with van der Waals surface area (Å²) < 4.78 is 15.5. The van der Waals surface area contributed by atoms with Gasteiger partial charge in [0, 0.05) is 24.0 Å². The van der Waals surface area contributed by atoms with E-state index in [2.05, 4.69) is 4.98 Å². The molecular weight excluding hydrogens is 294 g/mol. The van der Waals surface area contributed by atoms with E-state index in [-0.39, 0.29) is 5.97 Å². The molecule has 0 aliphatic heterocycles. The van der Waals surface area contributed by atoms with Crippen molar-refractivity contribution >= 4 is 12.0 Å². The molecule has 1 aromatic heterocycles. The summed E-state index contributed by atoms with van der Waals surface area (Å²) in [4.78, 5) is 15.6. The number of methoxy groups -OCH3 is 2. The number of carbonyl (C=O) groups is 1. The molecule has 23 heavy (non-hydrogen) atoms. The highest BCUT2D eigenvalue weighted by Crippen LogP contribution is 2.33. The Hall–Kier alpha value is -2.82. The number of nitrogens with zero attached hydrogens (tertiary/aromatic N) is 1. The number of aromatic nitrogens is 1. The van der Waals surface area contributed by atoms with E-state index in [9.17, 15) is 4.79 Å². The van der Waals surface area contributed by atoms with Crippen LogP contribution in [0.15, 0.2) is 42.7 Å². The molecule has 0 aliphatic carbocycles. The molecule has 2 rings (SSSR count). The first-order valence-corrected chi connectivity index (χ1v) is 7.20. The first kappa shape index (κ1) is 16.5. The monoisotopic (exact) mass is 313 g/mol. The zero-order valence-corrected chi connectivity index (χ0v) is 13.4. The Balaban J connectivity index is 2.39. The van der Waals surface area contributed by atoms with Crippen LogP contribution in [0.3, 0.4) is 0 Å². The van der Waals surface area contributed by atoms with Crippen LogP contribution < -0.4 is 9.47 Å². The van der Waals surface area contributed by atoms with Crippen molar-refractivity contribution in [3.63, 3.8) is 0 Å². The molecule has 0 N–H and O–H groups in total. The lowest BCUT2D eigenvalue weighted by Gasteiger charge is -2.11. The van der Waals surface area contributed by atoms with Crippen LogP contribution in [0.25, 0.3) is 17.2 Å². The van der Waals surface area contributed by atoms with Crippen molar-refractivity contribution in [3.05, 3.63) is 48.3 Å². The van der Waals surface area contributed by atoms with Gasteiger partial charge in [-0.15, -0.1) is 0 Å². The molecule has 0 fully saturated rings. The van der Waals surface area contributed by atoms with E-state index in [1.54, 1.807) is 39.6 Å². The molecule has 0 saturated heterocycles. The average molecular weight is 313 g/mol. The van der Waals surface area contributed by atoms with Gasteiger partial charge in [0.05, 0.1) is 20.8 Å². The lowest BCUT2D eigenvalue weighted by Crippen LogP contribution is -1.98. The predicted octanol–water partition coefficient (Wildman–Crippen LogP) is 3.34. The Morgan fingerprint density at radius 1 is 1.17 bits per heavy atom. The van der Waals surface area contributed by atoms with E-state index in [1.807, 2.05) is 24.3 Å². The zero-order valence-electron chi connectivity index (χ0n) is 13.4. The van der Waals surface area contributed by atoms with E-state index in [1.165, 1.54) is 6.08 Å². The fraction of sp³-hybridized carbons (Fsp3) is 0.222. The van der Waals surface area contributed by atoms with Crippen molar-refractivity contribution in [2.24, 2.45) is 0 Å². The van der Waals surface area contributed by atoms with Crippen LogP contribution in [0.2, 0.25) is 0 Å². The molecule has 0 radical (unpaired) electrons. The smallest absolute Gasteiger partial charge is 0.330 e. The van der Waals surface area contributed by atoms with E-state index >= 15 is 0 Å². The van der Waals surface area contributed by atoms with Crippen LogP contribution in [-0.2, 0) is 9.53 Å². The molecule has 1 heterocycles. The summed E-state index contributed by atoms with van der Waals surface area (Å²) in [6.07, 6.45) is 6.54. The first-order chi connectivity index (χ1) is 11.2. The van der Waals surface area contributed by atoms with E-state index in [4.69, 9.17) is 14.2 Å². The summed E-state index contributed by atoms with van der Waals surface area (Å²) in [6.45, 7) is 2.12. The molecule has 0 aliphatic rings. The lowest BCUT2D eigenvalue weighted by molar-refractivity contribution is -0.137. The second-order valence-electron chi connectivity index (χ2n) is 4.62. The maximum absolute atomic E-state index is 11.5. The summed E-state index contributed by atoms with van der Waals surface area (Å²) in [5, 5.41) is 0.